The highest BCUT2D eigenvalue weighted by atomic mass is 79.9. The number of ether oxygens (including phenoxy) is 1. The van der Waals surface area contributed by atoms with Crippen molar-refractivity contribution in [2.45, 2.75) is 26.0 Å². The molecule has 1 aromatic heterocycles. The Hall–Kier alpha value is 0.0600. The Morgan fingerprint density at radius 1 is 1.65 bits per heavy atom. The Bertz CT molecular complexity index is 369. The van der Waals surface area contributed by atoms with Gasteiger partial charge in [-0.2, -0.15) is 0 Å². The average molecular weight is 320 g/mol. The van der Waals surface area contributed by atoms with Crippen molar-refractivity contribution in [3.63, 3.8) is 0 Å². The molecule has 96 valence electrons. The number of aliphatic hydroxyl groups is 1. The van der Waals surface area contributed by atoms with E-state index in [1.165, 1.54) is 14.2 Å². The van der Waals surface area contributed by atoms with Crippen LogP contribution in [0.2, 0.25) is 0 Å². The number of thiophene rings is 1. The van der Waals surface area contributed by atoms with E-state index < -0.39 is 0 Å². The van der Waals surface area contributed by atoms with E-state index in [1.807, 2.05) is 6.92 Å². The van der Waals surface area contributed by atoms with Crippen LogP contribution >= 0.6 is 27.3 Å². The summed E-state index contributed by atoms with van der Waals surface area (Å²) in [5.74, 6) is 0. The molecule has 17 heavy (non-hydrogen) atoms. The maximum absolute atomic E-state index is 9.81. The molecular formula is C12H18BrNO2S. The number of aliphatic hydroxyl groups excluding tert-OH is 1. The van der Waals surface area contributed by atoms with E-state index in [9.17, 15) is 5.11 Å². The van der Waals surface area contributed by atoms with Crippen molar-refractivity contribution in [2.24, 2.45) is 0 Å². The zero-order chi connectivity index (χ0) is 12.3. The molecule has 0 aromatic carbocycles. The van der Waals surface area contributed by atoms with Crippen molar-refractivity contribution in [2.75, 3.05) is 26.3 Å². The van der Waals surface area contributed by atoms with Crippen molar-refractivity contribution in [1.29, 1.82) is 0 Å². The molecule has 0 saturated heterocycles. The van der Waals surface area contributed by atoms with Gasteiger partial charge in [0.05, 0.1) is 16.5 Å². The average Bonchev–Trinajstić information content (AvgIpc) is 2.65. The quantitative estimate of drug-likeness (QED) is 0.903. The fourth-order valence-corrected chi connectivity index (χ4v) is 3.94. The van der Waals surface area contributed by atoms with Crippen LogP contribution in [0.25, 0.3) is 0 Å². The molecule has 2 rings (SSSR count). The Morgan fingerprint density at radius 2 is 2.47 bits per heavy atom. The SMILES string of the molecule is CCOC[C@H](O)CN1CCc2cc(Br)sc2C1. The summed E-state index contributed by atoms with van der Waals surface area (Å²) in [6.07, 6.45) is 0.707. The first-order valence-corrected chi connectivity index (χ1v) is 7.55. The highest BCUT2D eigenvalue weighted by Crippen LogP contribution is 2.31. The van der Waals surface area contributed by atoms with Crippen molar-refractivity contribution in [1.82, 2.24) is 4.90 Å². The molecule has 1 aromatic rings. The van der Waals surface area contributed by atoms with Crippen molar-refractivity contribution < 1.29 is 9.84 Å². The summed E-state index contributed by atoms with van der Waals surface area (Å²) in [6.45, 7) is 5.74. The summed E-state index contributed by atoms with van der Waals surface area (Å²) in [5, 5.41) is 9.81. The minimum Gasteiger partial charge on any atom is -0.389 e. The van der Waals surface area contributed by atoms with E-state index in [0.29, 0.717) is 19.8 Å². The monoisotopic (exact) mass is 319 g/mol. The second-order valence-electron chi connectivity index (χ2n) is 4.30. The lowest BCUT2D eigenvalue weighted by molar-refractivity contribution is 0.0189. The zero-order valence-electron chi connectivity index (χ0n) is 9.99. The van der Waals surface area contributed by atoms with E-state index in [-0.39, 0.29) is 6.10 Å². The molecule has 0 amide bonds. The molecule has 0 unspecified atom stereocenters. The lowest BCUT2D eigenvalue weighted by Crippen LogP contribution is -2.37. The van der Waals surface area contributed by atoms with E-state index in [4.69, 9.17) is 4.74 Å². The second kappa shape index (κ2) is 6.29. The fraction of sp³-hybridized carbons (Fsp3) is 0.667. The molecule has 0 spiro atoms. The van der Waals surface area contributed by atoms with Gasteiger partial charge in [0.25, 0.3) is 0 Å². The molecular weight excluding hydrogens is 302 g/mol. The fourth-order valence-electron chi connectivity index (χ4n) is 2.10. The minimum absolute atomic E-state index is 0.375. The molecule has 0 aliphatic carbocycles. The molecule has 0 bridgehead atoms. The zero-order valence-corrected chi connectivity index (χ0v) is 12.4. The van der Waals surface area contributed by atoms with Crippen molar-refractivity contribution in [3.05, 3.63) is 20.3 Å². The molecule has 2 heterocycles. The van der Waals surface area contributed by atoms with Gasteiger partial charge in [-0.3, -0.25) is 4.90 Å². The van der Waals surface area contributed by atoms with Crippen molar-refractivity contribution in [3.8, 4) is 0 Å². The Labute approximate surface area is 115 Å². The van der Waals surface area contributed by atoms with Gasteiger partial charge in [-0.15, -0.1) is 11.3 Å². The molecule has 1 aliphatic heterocycles. The standard InChI is InChI=1S/C12H18BrNO2S/c1-2-16-8-10(15)6-14-4-3-9-5-12(13)17-11(9)7-14/h5,10,15H,2-4,6-8H2,1H3/t10-/m1/s1. The third-order valence-corrected chi connectivity index (χ3v) is 4.58. The van der Waals surface area contributed by atoms with Crippen LogP contribution in [0.5, 0.6) is 0 Å². The Balaban J connectivity index is 1.85. The first-order chi connectivity index (χ1) is 8.19. The smallest absolute Gasteiger partial charge is 0.0900 e. The van der Waals surface area contributed by atoms with E-state index in [0.717, 1.165) is 19.5 Å². The van der Waals surface area contributed by atoms with Crippen LogP contribution in [-0.2, 0) is 17.7 Å². The van der Waals surface area contributed by atoms with Gasteiger partial charge in [-0.25, -0.2) is 0 Å². The van der Waals surface area contributed by atoms with Crippen LogP contribution < -0.4 is 0 Å². The van der Waals surface area contributed by atoms with Gasteiger partial charge >= 0.3 is 0 Å². The number of hydrogen-bond acceptors (Lipinski definition) is 4. The predicted octanol–water partition coefficient (Wildman–Crippen LogP) is 2.27. The topological polar surface area (TPSA) is 32.7 Å². The molecule has 1 atom stereocenters. The highest BCUT2D eigenvalue weighted by Gasteiger charge is 2.20. The number of rotatable bonds is 5. The van der Waals surface area contributed by atoms with E-state index in [2.05, 4.69) is 26.9 Å². The van der Waals surface area contributed by atoms with Crippen LogP contribution in [0, 0.1) is 0 Å². The summed E-state index contributed by atoms with van der Waals surface area (Å²) in [7, 11) is 0. The number of nitrogens with zero attached hydrogens (tertiary/aromatic N) is 1. The van der Waals surface area contributed by atoms with Gasteiger partial charge in [0.1, 0.15) is 0 Å². The van der Waals surface area contributed by atoms with Crippen LogP contribution in [0.15, 0.2) is 9.85 Å². The number of hydrogen-bond donors (Lipinski definition) is 1. The van der Waals surface area contributed by atoms with Gasteiger partial charge in [0, 0.05) is 31.1 Å². The summed E-state index contributed by atoms with van der Waals surface area (Å²) in [6, 6.07) is 2.22. The Kier molecular flexibility index (Phi) is 4.99. The number of halogens is 1. The van der Waals surface area contributed by atoms with Gasteiger partial charge in [-0.05, 0) is 40.9 Å². The third-order valence-electron chi connectivity index (χ3n) is 2.91. The summed E-state index contributed by atoms with van der Waals surface area (Å²) < 4.78 is 6.44. The molecule has 0 radical (unpaired) electrons. The minimum atomic E-state index is -0.375. The molecule has 0 fully saturated rings. The summed E-state index contributed by atoms with van der Waals surface area (Å²) in [4.78, 5) is 3.72. The second-order valence-corrected chi connectivity index (χ2v) is 6.81. The van der Waals surface area contributed by atoms with Gasteiger partial charge in [0.2, 0.25) is 0 Å². The molecule has 0 saturated carbocycles. The van der Waals surface area contributed by atoms with E-state index in [1.54, 1.807) is 11.3 Å². The highest BCUT2D eigenvalue weighted by molar-refractivity contribution is 9.11. The normalized spacial score (nSPS) is 18.1. The van der Waals surface area contributed by atoms with Crippen LogP contribution in [0.1, 0.15) is 17.4 Å². The van der Waals surface area contributed by atoms with E-state index >= 15 is 0 Å². The lowest BCUT2D eigenvalue weighted by Gasteiger charge is -2.28. The summed E-state index contributed by atoms with van der Waals surface area (Å²) in [5.41, 5.74) is 1.46. The molecule has 3 nitrogen and oxygen atoms in total. The first-order valence-electron chi connectivity index (χ1n) is 5.94. The van der Waals surface area contributed by atoms with Gasteiger partial charge in [-0.1, -0.05) is 0 Å². The van der Waals surface area contributed by atoms with Crippen LogP contribution in [0.4, 0.5) is 0 Å². The molecule has 5 heteroatoms. The van der Waals surface area contributed by atoms with Gasteiger partial charge < -0.3 is 9.84 Å². The molecule has 1 N–H and O–H groups in total. The molecule has 1 aliphatic rings. The maximum atomic E-state index is 9.81. The Morgan fingerprint density at radius 3 is 3.24 bits per heavy atom. The van der Waals surface area contributed by atoms with Crippen LogP contribution in [-0.4, -0.2) is 42.4 Å². The van der Waals surface area contributed by atoms with Crippen molar-refractivity contribution >= 4 is 27.3 Å². The maximum Gasteiger partial charge on any atom is 0.0900 e. The third kappa shape index (κ3) is 3.76. The number of fused-ring (bicyclic) bond motifs is 1. The number of β-amino-alcohol motifs (C(OH)–C–C–N with tert-alkyl or cyclic N) is 1. The van der Waals surface area contributed by atoms with Crippen LogP contribution in [0.3, 0.4) is 0 Å². The summed E-state index contributed by atoms with van der Waals surface area (Å²) >= 11 is 5.33. The largest absolute Gasteiger partial charge is 0.389 e. The lowest BCUT2D eigenvalue weighted by atomic mass is 10.1. The van der Waals surface area contributed by atoms with Gasteiger partial charge in [0.15, 0.2) is 0 Å². The predicted molar refractivity (Wildman–Crippen MR) is 73.5 cm³/mol. The first kappa shape index (κ1) is 13.5.